The van der Waals surface area contributed by atoms with Crippen LogP contribution in [-0.2, 0) is 4.74 Å². The number of halogens is 1. The van der Waals surface area contributed by atoms with Crippen LogP contribution < -0.4 is 5.32 Å². The number of anilines is 1. The summed E-state index contributed by atoms with van der Waals surface area (Å²) >= 11 is 3.59. The molecule has 144 valence electrons. The van der Waals surface area contributed by atoms with Crippen molar-refractivity contribution in [3.63, 3.8) is 0 Å². The van der Waals surface area contributed by atoms with Gasteiger partial charge in [-0.15, -0.1) is 0 Å². The Morgan fingerprint density at radius 3 is 2.37 bits per heavy atom. The van der Waals surface area contributed by atoms with Crippen LogP contribution in [0.3, 0.4) is 0 Å². The summed E-state index contributed by atoms with van der Waals surface area (Å²) in [6.45, 7) is 11.1. The van der Waals surface area contributed by atoms with Gasteiger partial charge in [0.15, 0.2) is 5.65 Å². The molecule has 0 saturated carbocycles. The van der Waals surface area contributed by atoms with Gasteiger partial charge in [0.25, 0.3) is 0 Å². The number of aryl methyl sites for hydroxylation is 4. The first-order valence-corrected chi connectivity index (χ1v) is 10.0. The van der Waals surface area contributed by atoms with Crippen molar-refractivity contribution in [3.8, 4) is 5.69 Å². The number of nitrogens with zero attached hydrogens (tertiary/aromatic N) is 3. The van der Waals surface area contributed by atoms with Crippen molar-refractivity contribution in [2.45, 2.75) is 47.1 Å². The Hall–Kier alpha value is -1.92. The standard InChI is InChI=1S/C21H27BrN4O/c1-7-17(11-27-6)25-20-18-14(4)10-26(21(18)24-15(5)23-20)19-12(2)8-16(22)9-13(19)3/h8-10,17H,7,11H2,1-6H3,(H,23,24,25). The van der Waals surface area contributed by atoms with Crippen LogP contribution in [0.4, 0.5) is 5.82 Å². The maximum atomic E-state index is 5.34. The van der Waals surface area contributed by atoms with Gasteiger partial charge in [0.2, 0.25) is 0 Å². The van der Waals surface area contributed by atoms with Crippen LogP contribution in [0.25, 0.3) is 16.7 Å². The monoisotopic (exact) mass is 430 g/mol. The van der Waals surface area contributed by atoms with Gasteiger partial charge >= 0.3 is 0 Å². The third-order valence-electron chi connectivity index (χ3n) is 4.85. The Kier molecular flexibility index (Phi) is 5.86. The molecule has 0 aliphatic rings. The van der Waals surface area contributed by atoms with Crippen LogP contribution in [0.2, 0.25) is 0 Å². The normalized spacial score (nSPS) is 12.6. The summed E-state index contributed by atoms with van der Waals surface area (Å²) in [6.07, 6.45) is 3.12. The van der Waals surface area contributed by atoms with Gasteiger partial charge in [0.1, 0.15) is 11.6 Å². The van der Waals surface area contributed by atoms with Crippen molar-refractivity contribution in [1.29, 1.82) is 0 Å². The highest BCUT2D eigenvalue weighted by Gasteiger charge is 2.19. The molecule has 0 fully saturated rings. The Bertz CT molecular complexity index is 957. The van der Waals surface area contributed by atoms with E-state index < -0.39 is 0 Å². The van der Waals surface area contributed by atoms with Crippen LogP contribution in [0.1, 0.15) is 35.9 Å². The molecule has 0 aliphatic heterocycles. The molecule has 6 heteroatoms. The van der Waals surface area contributed by atoms with E-state index in [2.05, 4.69) is 71.8 Å². The van der Waals surface area contributed by atoms with Crippen molar-refractivity contribution in [1.82, 2.24) is 14.5 Å². The van der Waals surface area contributed by atoms with E-state index in [0.717, 1.165) is 39.1 Å². The molecular formula is C21H27BrN4O. The molecule has 3 aromatic rings. The van der Waals surface area contributed by atoms with Crippen LogP contribution in [0, 0.1) is 27.7 Å². The average Bonchev–Trinajstić information content (AvgIpc) is 2.90. The predicted octanol–water partition coefficient (Wildman–Crippen LogP) is 5.25. The van der Waals surface area contributed by atoms with Crippen molar-refractivity contribution in [3.05, 3.63) is 45.3 Å². The molecular weight excluding hydrogens is 404 g/mol. The summed E-state index contributed by atoms with van der Waals surface area (Å²) in [5.41, 5.74) is 5.67. The summed E-state index contributed by atoms with van der Waals surface area (Å²) < 4.78 is 8.63. The second kappa shape index (κ2) is 7.98. The van der Waals surface area contributed by atoms with Crippen LogP contribution >= 0.6 is 15.9 Å². The lowest BCUT2D eigenvalue weighted by atomic mass is 10.1. The molecule has 0 saturated heterocycles. The number of fused-ring (bicyclic) bond motifs is 1. The molecule has 27 heavy (non-hydrogen) atoms. The highest BCUT2D eigenvalue weighted by molar-refractivity contribution is 9.10. The maximum Gasteiger partial charge on any atom is 0.150 e. The van der Waals surface area contributed by atoms with Crippen molar-refractivity contribution in [2.75, 3.05) is 19.0 Å². The van der Waals surface area contributed by atoms with Crippen LogP contribution in [0.15, 0.2) is 22.8 Å². The fraction of sp³-hybridized carbons (Fsp3) is 0.429. The van der Waals surface area contributed by atoms with Crippen molar-refractivity contribution in [2.24, 2.45) is 0 Å². The summed E-state index contributed by atoms with van der Waals surface area (Å²) in [6, 6.07) is 4.50. The Labute approximate surface area is 169 Å². The fourth-order valence-electron chi connectivity index (χ4n) is 3.63. The molecule has 0 radical (unpaired) electrons. The van der Waals surface area contributed by atoms with Crippen molar-refractivity contribution < 1.29 is 4.74 Å². The summed E-state index contributed by atoms with van der Waals surface area (Å²) in [4.78, 5) is 9.49. The average molecular weight is 431 g/mol. The number of methoxy groups -OCH3 is 1. The maximum absolute atomic E-state index is 5.34. The second-order valence-electron chi connectivity index (χ2n) is 7.09. The van der Waals surface area contributed by atoms with Gasteiger partial charge in [-0.05, 0) is 62.9 Å². The van der Waals surface area contributed by atoms with E-state index in [1.54, 1.807) is 7.11 Å². The molecule has 1 N–H and O–H groups in total. The first-order valence-electron chi connectivity index (χ1n) is 9.24. The Morgan fingerprint density at radius 1 is 1.11 bits per heavy atom. The zero-order valence-electron chi connectivity index (χ0n) is 16.9. The highest BCUT2D eigenvalue weighted by atomic mass is 79.9. The van der Waals surface area contributed by atoms with Gasteiger partial charge in [0, 0.05) is 17.8 Å². The molecule has 0 bridgehead atoms. The quantitative estimate of drug-likeness (QED) is 0.579. The zero-order chi connectivity index (χ0) is 19.7. The van der Waals surface area contributed by atoms with E-state index in [4.69, 9.17) is 14.7 Å². The lowest BCUT2D eigenvalue weighted by molar-refractivity contribution is 0.184. The lowest BCUT2D eigenvalue weighted by Crippen LogP contribution is -2.25. The lowest BCUT2D eigenvalue weighted by Gasteiger charge is -2.18. The van der Waals surface area contributed by atoms with Crippen LogP contribution in [-0.4, -0.2) is 34.3 Å². The minimum atomic E-state index is 0.214. The number of ether oxygens (including phenoxy) is 1. The van der Waals surface area contributed by atoms with Crippen molar-refractivity contribution >= 4 is 32.8 Å². The van der Waals surface area contributed by atoms with E-state index >= 15 is 0 Å². The zero-order valence-corrected chi connectivity index (χ0v) is 18.4. The van der Waals surface area contributed by atoms with Crippen LogP contribution in [0.5, 0.6) is 0 Å². The predicted molar refractivity (Wildman–Crippen MR) is 115 cm³/mol. The van der Waals surface area contributed by atoms with Gasteiger partial charge in [-0.1, -0.05) is 22.9 Å². The second-order valence-corrected chi connectivity index (χ2v) is 8.01. The van der Waals surface area contributed by atoms with Gasteiger partial charge in [0.05, 0.1) is 23.7 Å². The number of hydrogen-bond donors (Lipinski definition) is 1. The van der Waals surface area contributed by atoms with E-state index in [1.807, 2.05) is 6.92 Å². The van der Waals surface area contributed by atoms with Gasteiger partial charge in [-0.3, -0.25) is 0 Å². The van der Waals surface area contributed by atoms with Gasteiger partial charge in [-0.25, -0.2) is 9.97 Å². The van der Waals surface area contributed by atoms with Gasteiger partial charge in [-0.2, -0.15) is 0 Å². The van der Waals surface area contributed by atoms with E-state index in [0.29, 0.717) is 6.61 Å². The third-order valence-corrected chi connectivity index (χ3v) is 5.30. The third kappa shape index (κ3) is 3.87. The number of benzene rings is 1. The van der Waals surface area contributed by atoms with E-state index in [-0.39, 0.29) is 6.04 Å². The first-order chi connectivity index (χ1) is 12.8. The summed E-state index contributed by atoms with van der Waals surface area (Å²) in [7, 11) is 1.73. The Balaban J connectivity index is 2.21. The Morgan fingerprint density at radius 2 is 1.78 bits per heavy atom. The number of nitrogens with one attached hydrogen (secondary N) is 1. The molecule has 1 unspecified atom stereocenters. The number of rotatable bonds is 6. The minimum Gasteiger partial charge on any atom is -0.383 e. The molecule has 0 aliphatic carbocycles. The molecule has 2 aromatic heterocycles. The minimum absolute atomic E-state index is 0.214. The van der Waals surface area contributed by atoms with E-state index in [1.165, 1.54) is 16.8 Å². The highest BCUT2D eigenvalue weighted by Crippen LogP contribution is 2.32. The smallest absolute Gasteiger partial charge is 0.150 e. The molecule has 0 spiro atoms. The summed E-state index contributed by atoms with van der Waals surface area (Å²) in [5, 5.41) is 4.63. The number of hydrogen-bond acceptors (Lipinski definition) is 4. The summed E-state index contributed by atoms with van der Waals surface area (Å²) in [5.74, 6) is 1.63. The van der Waals surface area contributed by atoms with E-state index in [9.17, 15) is 0 Å². The molecule has 1 atom stereocenters. The largest absolute Gasteiger partial charge is 0.383 e. The molecule has 0 amide bonds. The fourth-order valence-corrected chi connectivity index (χ4v) is 4.32. The number of aromatic nitrogens is 3. The molecule has 3 rings (SSSR count). The van der Waals surface area contributed by atoms with Gasteiger partial charge < -0.3 is 14.6 Å². The molecule has 2 heterocycles. The topological polar surface area (TPSA) is 52.0 Å². The SMILES string of the molecule is CCC(COC)Nc1nc(C)nc2c1c(C)cn2-c1c(C)cc(Br)cc1C. The first kappa shape index (κ1) is 19.8. The molecule has 1 aromatic carbocycles. The molecule has 5 nitrogen and oxygen atoms in total.